The summed E-state index contributed by atoms with van der Waals surface area (Å²) in [6, 6.07) is 20.1. The molecule has 0 saturated carbocycles. The molecule has 0 aromatic heterocycles. The van der Waals surface area contributed by atoms with Gasteiger partial charge in [0.05, 0.1) is 0 Å². The lowest BCUT2D eigenvalue weighted by Gasteiger charge is -2.29. The monoisotopic (exact) mass is 282 g/mol. The molecule has 0 spiro atoms. The third kappa shape index (κ3) is 4.61. The predicted molar refractivity (Wildman–Crippen MR) is 91.6 cm³/mol. The Labute approximate surface area is 128 Å². The van der Waals surface area contributed by atoms with Gasteiger partial charge in [0.25, 0.3) is 0 Å². The molecule has 2 heteroatoms. The Morgan fingerprint density at radius 1 is 0.857 bits per heavy atom. The van der Waals surface area contributed by atoms with Crippen molar-refractivity contribution >= 4 is 5.69 Å². The van der Waals surface area contributed by atoms with Gasteiger partial charge in [-0.3, -0.25) is 0 Å². The van der Waals surface area contributed by atoms with E-state index in [4.69, 9.17) is 5.73 Å². The summed E-state index contributed by atoms with van der Waals surface area (Å²) >= 11 is 0. The number of rotatable bonds is 6. The molecule has 0 aliphatic heterocycles. The molecule has 21 heavy (non-hydrogen) atoms. The maximum atomic E-state index is 5.86. The number of anilines is 1. The molecule has 1 unspecified atom stereocenters. The van der Waals surface area contributed by atoms with E-state index < -0.39 is 0 Å². The Bertz CT molecular complexity index is 529. The van der Waals surface area contributed by atoms with Gasteiger partial charge in [-0.15, -0.1) is 0 Å². The lowest BCUT2D eigenvalue weighted by Crippen LogP contribution is -2.30. The highest BCUT2D eigenvalue weighted by molar-refractivity contribution is 5.49. The van der Waals surface area contributed by atoms with Crippen molar-refractivity contribution < 1.29 is 0 Å². The zero-order valence-corrected chi connectivity index (χ0v) is 13.3. The topological polar surface area (TPSA) is 29.3 Å². The zero-order chi connectivity index (χ0) is 15.2. The minimum Gasteiger partial charge on any atom is -0.365 e. The number of nitrogens with zero attached hydrogens (tertiary/aromatic N) is 1. The molecule has 0 amide bonds. The van der Waals surface area contributed by atoms with Gasteiger partial charge in [0.1, 0.15) is 0 Å². The summed E-state index contributed by atoms with van der Waals surface area (Å²) in [5.41, 5.74) is 9.77. The largest absolute Gasteiger partial charge is 0.365 e. The van der Waals surface area contributed by atoms with Crippen molar-refractivity contribution in [2.24, 2.45) is 5.73 Å². The summed E-state index contributed by atoms with van der Waals surface area (Å²) in [7, 11) is 0. The molecule has 0 heterocycles. The molecule has 0 aliphatic carbocycles. The SMILES string of the molecule is CC(N)Cc1ccc(N(Cc2ccccc2)C(C)C)cc1. The second-order valence-corrected chi connectivity index (χ2v) is 6.06. The summed E-state index contributed by atoms with van der Waals surface area (Å²) in [6.07, 6.45) is 0.931. The summed E-state index contributed by atoms with van der Waals surface area (Å²) in [5, 5.41) is 0. The summed E-state index contributed by atoms with van der Waals surface area (Å²) in [6.45, 7) is 7.45. The molecule has 0 saturated heterocycles. The maximum Gasteiger partial charge on any atom is 0.0432 e. The fourth-order valence-corrected chi connectivity index (χ4v) is 2.55. The first-order chi connectivity index (χ1) is 10.1. The lowest BCUT2D eigenvalue weighted by atomic mass is 10.1. The third-order valence-corrected chi connectivity index (χ3v) is 3.64. The number of hydrogen-bond acceptors (Lipinski definition) is 2. The molecule has 1 atom stereocenters. The third-order valence-electron chi connectivity index (χ3n) is 3.64. The van der Waals surface area contributed by atoms with Crippen molar-refractivity contribution in [2.45, 2.75) is 45.8 Å². The van der Waals surface area contributed by atoms with Crippen LogP contribution in [-0.2, 0) is 13.0 Å². The number of nitrogens with two attached hydrogens (primary N) is 1. The molecule has 0 aliphatic rings. The molecule has 2 aromatic rings. The Balaban J connectivity index is 2.14. The summed E-state index contributed by atoms with van der Waals surface area (Å²) in [4.78, 5) is 2.42. The molecule has 0 radical (unpaired) electrons. The minimum atomic E-state index is 0.210. The van der Waals surface area contributed by atoms with Gasteiger partial charge in [0, 0.05) is 24.3 Å². The van der Waals surface area contributed by atoms with E-state index in [1.165, 1.54) is 16.8 Å². The van der Waals surface area contributed by atoms with Gasteiger partial charge < -0.3 is 10.6 Å². The van der Waals surface area contributed by atoms with Crippen LogP contribution in [0, 0.1) is 0 Å². The molecular formula is C19H26N2. The van der Waals surface area contributed by atoms with Crippen LogP contribution in [0.25, 0.3) is 0 Å². The molecule has 0 fully saturated rings. The van der Waals surface area contributed by atoms with Crippen molar-refractivity contribution in [3.8, 4) is 0 Å². The summed E-state index contributed by atoms with van der Waals surface area (Å²) < 4.78 is 0. The van der Waals surface area contributed by atoms with E-state index in [9.17, 15) is 0 Å². The molecule has 112 valence electrons. The van der Waals surface area contributed by atoms with E-state index in [-0.39, 0.29) is 6.04 Å². The standard InChI is InChI=1S/C19H26N2/c1-15(2)21(14-18-7-5-4-6-8-18)19-11-9-17(10-12-19)13-16(3)20/h4-12,15-16H,13-14,20H2,1-3H3. The molecule has 2 aromatic carbocycles. The Morgan fingerprint density at radius 2 is 1.48 bits per heavy atom. The molecule has 2 N–H and O–H groups in total. The van der Waals surface area contributed by atoms with Crippen molar-refractivity contribution in [1.82, 2.24) is 0 Å². The van der Waals surface area contributed by atoms with E-state index in [0.717, 1.165) is 13.0 Å². The molecule has 2 rings (SSSR count). The van der Waals surface area contributed by atoms with Gasteiger partial charge in [-0.1, -0.05) is 42.5 Å². The first kappa shape index (κ1) is 15.6. The smallest absolute Gasteiger partial charge is 0.0432 e. The fraction of sp³-hybridized carbons (Fsp3) is 0.368. The van der Waals surface area contributed by atoms with Gasteiger partial charge in [0.15, 0.2) is 0 Å². The van der Waals surface area contributed by atoms with Gasteiger partial charge in [-0.25, -0.2) is 0 Å². The van der Waals surface area contributed by atoms with Gasteiger partial charge >= 0.3 is 0 Å². The Hall–Kier alpha value is -1.80. The Kier molecular flexibility index (Phi) is 5.40. The molecule has 0 bridgehead atoms. The van der Waals surface area contributed by atoms with Crippen molar-refractivity contribution in [3.63, 3.8) is 0 Å². The average molecular weight is 282 g/mol. The highest BCUT2D eigenvalue weighted by Gasteiger charge is 2.11. The highest BCUT2D eigenvalue weighted by atomic mass is 15.1. The van der Waals surface area contributed by atoms with Crippen LogP contribution >= 0.6 is 0 Å². The van der Waals surface area contributed by atoms with Crippen molar-refractivity contribution in [3.05, 3.63) is 65.7 Å². The summed E-state index contributed by atoms with van der Waals surface area (Å²) in [5.74, 6) is 0. The van der Waals surface area contributed by atoms with Gasteiger partial charge in [-0.05, 0) is 50.5 Å². The highest BCUT2D eigenvalue weighted by Crippen LogP contribution is 2.21. The van der Waals surface area contributed by atoms with Crippen LogP contribution in [-0.4, -0.2) is 12.1 Å². The van der Waals surface area contributed by atoms with Crippen LogP contribution < -0.4 is 10.6 Å². The normalized spacial score (nSPS) is 12.4. The van der Waals surface area contributed by atoms with Crippen LogP contribution in [0.1, 0.15) is 31.9 Å². The van der Waals surface area contributed by atoms with Crippen LogP contribution in [0.4, 0.5) is 5.69 Å². The van der Waals surface area contributed by atoms with E-state index in [1.807, 2.05) is 6.92 Å². The van der Waals surface area contributed by atoms with Crippen LogP contribution in [0.15, 0.2) is 54.6 Å². The Morgan fingerprint density at radius 3 is 2.00 bits per heavy atom. The maximum absolute atomic E-state index is 5.86. The second kappa shape index (κ2) is 7.28. The number of hydrogen-bond donors (Lipinski definition) is 1. The van der Waals surface area contributed by atoms with Crippen LogP contribution in [0.2, 0.25) is 0 Å². The molecule has 2 nitrogen and oxygen atoms in total. The lowest BCUT2D eigenvalue weighted by molar-refractivity contribution is 0.682. The first-order valence-corrected chi connectivity index (χ1v) is 7.71. The van der Waals surface area contributed by atoms with Gasteiger partial charge in [-0.2, -0.15) is 0 Å². The average Bonchev–Trinajstić information content (AvgIpc) is 2.46. The van der Waals surface area contributed by atoms with Crippen molar-refractivity contribution in [2.75, 3.05) is 4.90 Å². The predicted octanol–water partition coefficient (Wildman–Crippen LogP) is 3.99. The first-order valence-electron chi connectivity index (χ1n) is 7.71. The number of benzene rings is 2. The quantitative estimate of drug-likeness (QED) is 0.868. The van der Waals surface area contributed by atoms with Crippen molar-refractivity contribution in [1.29, 1.82) is 0 Å². The van der Waals surface area contributed by atoms with Crippen LogP contribution in [0.5, 0.6) is 0 Å². The van der Waals surface area contributed by atoms with E-state index in [0.29, 0.717) is 6.04 Å². The zero-order valence-electron chi connectivity index (χ0n) is 13.3. The second-order valence-electron chi connectivity index (χ2n) is 6.06. The fourth-order valence-electron chi connectivity index (χ4n) is 2.55. The minimum absolute atomic E-state index is 0.210. The van der Waals surface area contributed by atoms with Gasteiger partial charge in [0.2, 0.25) is 0 Å². The molecular weight excluding hydrogens is 256 g/mol. The van der Waals surface area contributed by atoms with E-state index in [1.54, 1.807) is 0 Å². The van der Waals surface area contributed by atoms with E-state index in [2.05, 4.69) is 73.3 Å². The van der Waals surface area contributed by atoms with Crippen LogP contribution in [0.3, 0.4) is 0 Å². The van der Waals surface area contributed by atoms with E-state index >= 15 is 0 Å².